The molecule has 18 heavy (non-hydrogen) atoms. The highest BCUT2D eigenvalue weighted by molar-refractivity contribution is 7.80. The minimum Gasteiger partial charge on any atom is -0.331 e. The number of halogens is 2. The minimum atomic E-state index is -0.104. The van der Waals surface area contributed by atoms with E-state index in [1.165, 1.54) is 0 Å². The zero-order valence-electron chi connectivity index (χ0n) is 9.93. The van der Waals surface area contributed by atoms with E-state index in [1.54, 1.807) is 18.2 Å². The number of hydrogen-bond acceptors (Lipinski definition) is 2. The average Bonchev–Trinajstić information content (AvgIpc) is 2.32. The monoisotopic (exact) mass is 304 g/mol. The van der Waals surface area contributed by atoms with E-state index in [-0.39, 0.29) is 11.0 Å². The third-order valence-corrected chi connectivity index (χ3v) is 3.23. The zero-order chi connectivity index (χ0) is 13.5. The van der Waals surface area contributed by atoms with Crippen LogP contribution in [0, 0.1) is 0 Å². The molecular weight excluding hydrogens is 291 g/mol. The van der Waals surface area contributed by atoms with Crippen molar-refractivity contribution in [2.75, 3.05) is 5.32 Å². The van der Waals surface area contributed by atoms with Gasteiger partial charge in [-0.15, -0.1) is 0 Å². The molecular formula is C12H14Cl2N2OS. The summed E-state index contributed by atoms with van der Waals surface area (Å²) in [6.07, 6.45) is 2.27. The van der Waals surface area contributed by atoms with Crippen LogP contribution in [0.5, 0.6) is 0 Å². The molecule has 0 bridgehead atoms. The van der Waals surface area contributed by atoms with E-state index in [4.69, 9.17) is 35.4 Å². The normalized spacial score (nSPS) is 9.94. The van der Waals surface area contributed by atoms with E-state index >= 15 is 0 Å². The molecule has 1 aromatic rings. The fourth-order valence-electron chi connectivity index (χ4n) is 1.28. The van der Waals surface area contributed by atoms with Crippen LogP contribution in [0.4, 0.5) is 5.69 Å². The largest absolute Gasteiger partial charge is 0.331 e. The Balaban J connectivity index is 2.54. The molecule has 0 aliphatic rings. The van der Waals surface area contributed by atoms with Crippen molar-refractivity contribution in [3.63, 3.8) is 0 Å². The second-order valence-electron chi connectivity index (χ2n) is 3.71. The lowest BCUT2D eigenvalue weighted by molar-refractivity contribution is -0.119. The van der Waals surface area contributed by atoms with Crippen LogP contribution in [0.15, 0.2) is 18.2 Å². The summed E-state index contributed by atoms with van der Waals surface area (Å²) in [5.41, 5.74) is 0.574. The number of anilines is 1. The lowest BCUT2D eigenvalue weighted by Gasteiger charge is -2.11. The van der Waals surface area contributed by atoms with Gasteiger partial charge in [-0.3, -0.25) is 4.79 Å². The molecule has 1 rings (SSSR count). The van der Waals surface area contributed by atoms with Gasteiger partial charge in [-0.2, -0.15) is 0 Å². The molecule has 1 aromatic carbocycles. The van der Waals surface area contributed by atoms with Crippen LogP contribution >= 0.6 is 35.4 Å². The van der Waals surface area contributed by atoms with Gasteiger partial charge in [0.25, 0.3) is 0 Å². The third kappa shape index (κ3) is 4.80. The van der Waals surface area contributed by atoms with Gasteiger partial charge in [0.05, 0.1) is 15.7 Å². The Bertz CT molecular complexity index is 452. The molecule has 0 aliphatic heterocycles. The zero-order valence-corrected chi connectivity index (χ0v) is 12.3. The second kappa shape index (κ2) is 7.56. The van der Waals surface area contributed by atoms with Gasteiger partial charge in [0.1, 0.15) is 0 Å². The van der Waals surface area contributed by atoms with Crippen molar-refractivity contribution in [3.8, 4) is 0 Å². The topological polar surface area (TPSA) is 41.1 Å². The summed E-state index contributed by atoms with van der Waals surface area (Å²) in [5.74, 6) is -0.104. The van der Waals surface area contributed by atoms with Crippen molar-refractivity contribution in [1.82, 2.24) is 5.32 Å². The first-order valence-electron chi connectivity index (χ1n) is 5.59. The molecule has 1 amide bonds. The van der Waals surface area contributed by atoms with Gasteiger partial charge in [0, 0.05) is 6.42 Å². The molecule has 0 atom stereocenters. The maximum atomic E-state index is 11.5. The Hall–Kier alpha value is -0.840. The standard InChI is InChI=1S/C12H14Cl2N2OS/c1-2-3-7-10(17)16-12(18)15-9-6-4-5-8(13)11(9)14/h4-6H,2-3,7H2,1H3,(H2,15,16,17,18). The van der Waals surface area contributed by atoms with E-state index in [9.17, 15) is 4.79 Å². The van der Waals surface area contributed by atoms with Crippen LogP contribution < -0.4 is 10.6 Å². The minimum absolute atomic E-state index is 0.104. The lowest BCUT2D eigenvalue weighted by Crippen LogP contribution is -2.33. The highest BCUT2D eigenvalue weighted by Gasteiger charge is 2.08. The summed E-state index contributed by atoms with van der Waals surface area (Å²) in [6, 6.07) is 5.16. The van der Waals surface area contributed by atoms with Crippen molar-refractivity contribution in [2.45, 2.75) is 26.2 Å². The molecule has 0 fully saturated rings. The Morgan fingerprint density at radius 3 is 2.78 bits per heavy atom. The first-order valence-corrected chi connectivity index (χ1v) is 6.76. The van der Waals surface area contributed by atoms with Gasteiger partial charge in [-0.1, -0.05) is 42.6 Å². The molecule has 6 heteroatoms. The molecule has 2 N–H and O–H groups in total. The van der Waals surface area contributed by atoms with Gasteiger partial charge in [-0.25, -0.2) is 0 Å². The molecule has 0 saturated carbocycles. The van der Waals surface area contributed by atoms with Crippen LogP contribution in [0.1, 0.15) is 26.2 Å². The summed E-state index contributed by atoms with van der Waals surface area (Å²) in [4.78, 5) is 11.5. The number of amides is 1. The number of carbonyl (C=O) groups is 1. The first-order chi connectivity index (χ1) is 8.54. The van der Waals surface area contributed by atoms with Gasteiger partial charge in [0.15, 0.2) is 5.11 Å². The van der Waals surface area contributed by atoms with Gasteiger partial charge < -0.3 is 10.6 Å². The number of benzene rings is 1. The number of unbranched alkanes of at least 4 members (excludes halogenated alkanes) is 1. The fraction of sp³-hybridized carbons (Fsp3) is 0.333. The highest BCUT2D eigenvalue weighted by atomic mass is 35.5. The predicted octanol–water partition coefficient (Wildman–Crippen LogP) is 4.00. The number of rotatable bonds is 4. The molecule has 0 unspecified atom stereocenters. The molecule has 0 heterocycles. The summed E-state index contributed by atoms with van der Waals surface area (Å²) in [7, 11) is 0. The van der Waals surface area contributed by atoms with E-state index in [1.807, 2.05) is 6.92 Å². The van der Waals surface area contributed by atoms with E-state index < -0.39 is 0 Å². The second-order valence-corrected chi connectivity index (χ2v) is 4.90. The smallest absolute Gasteiger partial charge is 0.226 e. The molecule has 0 spiro atoms. The maximum Gasteiger partial charge on any atom is 0.226 e. The number of hydrogen-bond donors (Lipinski definition) is 2. The van der Waals surface area contributed by atoms with Crippen LogP contribution in [0.25, 0.3) is 0 Å². The van der Waals surface area contributed by atoms with Crippen LogP contribution in [0.2, 0.25) is 10.0 Å². The lowest BCUT2D eigenvalue weighted by atomic mass is 10.2. The Labute approximate surface area is 122 Å². The average molecular weight is 305 g/mol. The Morgan fingerprint density at radius 2 is 2.11 bits per heavy atom. The van der Waals surface area contributed by atoms with Crippen molar-refractivity contribution < 1.29 is 4.79 Å². The van der Waals surface area contributed by atoms with E-state index in [0.717, 1.165) is 12.8 Å². The number of nitrogens with one attached hydrogen (secondary N) is 2. The number of carbonyl (C=O) groups excluding carboxylic acids is 1. The van der Waals surface area contributed by atoms with E-state index in [0.29, 0.717) is 22.2 Å². The third-order valence-electron chi connectivity index (χ3n) is 2.21. The van der Waals surface area contributed by atoms with E-state index in [2.05, 4.69) is 10.6 Å². The van der Waals surface area contributed by atoms with Crippen molar-refractivity contribution in [1.29, 1.82) is 0 Å². The SMILES string of the molecule is CCCCC(=O)NC(=S)Nc1cccc(Cl)c1Cl. The summed E-state index contributed by atoms with van der Waals surface area (Å²) < 4.78 is 0. The summed E-state index contributed by atoms with van der Waals surface area (Å²) in [6.45, 7) is 2.02. The molecule has 0 radical (unpaired) electrons. The van der Waals surface area contributed by atoms with Gasteiger partial charge >= 0.3 is 0 Å². The number of thiocarbonyl (C=S) groups is 1. The highest BCUT2D eigenvalue weighted by Crippen LogP contribution is 2.29. The summed E-state index contributed by atoms with van der Waals surface area (Å²) in [5, 5.41) is 6.46. The van der Waals surface area contributed by atoms with Gasteiger partial charge in [-0.05, 0) is 30.8 Å². The fourth-order valence-corrected chi connectivity index (χ4v) is 1.85. The first kappa shape index (κ1) is 15.2. The molecule has 0 saturated heterocycles. The maximum absolute atomic E-state index is 11.5. The molecule has 0 aromatic heterocycles. The predicted molar refractivity (Wildman–Crippen MR) is 80.4 cm³/mol. The molecule has 98 valence electrons. The van der Waals surface area contributed by atoms with Crippen LogP contribution in [-0.2, 0) is 4.79 Å². The van der Waals surface area contributed by atoms with Gasteiger partial charge in [0.2, 0.25) is 5.91 Å². The van der Waals surface area contributed by atoms with Crippen molar-refractivity contribution >= 4 is 52.1 Å². The Kier molecular flexibility index (Phi) is 6.39. The summed E-state index contributed by atoms with van der Waals surface area (Å²) >= 11 is 16.9. The van der Waals surface area contributed by atoms with Crippen molar-refractivity contribution in [3.05, 3.63) is 28.2 Å². The quantitative estimate of drug-likeness (QED) is 0.826. The van der Waals surface area contributed by atoms with Crippen LogP contribution in [-0.4, -0.2) is 11.0 Å². The van der Waals surface area contributed by atoms with Crippen LogP contribution in [0.3, 0.4) is 0 Å². The molecule has 0 aliphatic carbocycles. The van der Waals surface area contributed by atoms with Crippen molar-refractivity contribution in [2.24, 2.45) is 0 Å². The Morgan fingerprint density at radius 1 is 1.39 bits per heavy atom. The molecule has 3 nitrogen and oxygen atoms in total.